The van der Waals surface area contributed by atoms with Gasteiger partial charge in [0.05, 0.1) is 24.0 Å². The number of aryl methyl sites for hydroxylation is 2. The first-order chi connectivity index (χ1) is 15.0. The molecule has 158 valence electrons. The van der Waals surface area contributed by atoms with Crippen LogP contribution in [0.15, 0.2) is 36.7 Å². The number of hydrogen-bond donors (Lipinski definition) is 2. The maximum absolute atomic E-state index is 12.1. The van der Waals surface area contributed by atoms with Crippen LogP contribution in [0.1, 0.15) is 5.69 Å². The third-order valence-corrected chi connectivity index (χ3v) is 5.42. The monoisotopic (exact) mass is 437 g/mol. The third-order valence-electron chi connectivity index (χ3n) is 5.16. The van der Waals surface area contributed by atoms with Crippen LogP contribution in [0.5, 0.6) is 11.5 Å². The number of piperazine rings is 1. The van der Waals surface area contributed by atoms with Crippen LogP contribution in [0.2, 0.25) is 5.02 Å². The van der Waals surface area contributed by atoms with Crippen molar-refractivity contribution >= 4 is 34.4 Å². The first-order valence-electron chi connectivity index (χ1n) is 9.83. The van der Waals surface area contributed by atoms with Gasteiger partial charge in [-0.05, 0) is 31.2 Å². The number of nitrogens with zero attached hydrogens (tertiary/aromatic N) is 5. The van der Waals surface area contributed by atoms with Gasteiger partial charge in [0.25, 0.3) is 0 Å². The number of benzene rings is 1. The molecule has 1 aliphatic rings. The Morgan fingerprint density at radius 3 is 2.74 bits per heavy atom. The van der Waals surface area contributed by atoms with Crippen LogP contribution in [-0.4, -0.2) is 50.3 Å². The molecular weight excluding hydrogens is 418 g/mol. The van der Waals surface area contributed by atoms with E-state index in [1.807, 2.05) is 44.4 Å². The predicted octanol–water partition coefficient (Wildman–Crippen LogP) is 3.05. The van der Waals surface area contributed by atoms with Crippen LogP contribution >= 0.6 is 11.6 Å². The molecule has 1 amide bonds. The molecule has 4 aromatic rings. The van der Waals surface area contributed by atoms with Crippen molar-refractivity contribution in [2.24, 2.45) is 7.05 Å². The number of carbonyl (C=O) groups is 1. The van der Waals surface area contributed by atoms with Crippen LogP contribution in [0.4, 0.5) is 5.69 Å². The van der Waals surface area contributed by atoms with Gasteiger partial charge in [-0.25, -0.2) is 9.97 Å². The topological polar surface area (TPSA) is 101 Å². The number of hydrogen-bond acceptors (Lipinski definition) is 6. The highest BCUT2D eigenvalue weighted by atomic mass is 35.5. The number of amides is 1. The lowest BCUT2D eigenvalue weighted by molar-refractivity contribution is -0.118. The van der Waals surface area contributed by atoms with Crippen molar-refractivity contribution in [1.82, 2.24) is 30.0 Å². The molecule has 0 bridgehead atoms. The number of anilines is 1. The number of pyridine rings is 1. The largest absolute Gasteiger partial charge is 0.453 e. The molecule has 0 aliphatic carbocycles. The highest BCUT2D eigenvalue weighted by Crippen LogP contribution is 2.36. The van der Waals surface area contributed by atoms with Gasteiger partial charge in [0, 0.05) is 32.0 Å². The van der Waals surface area contributed by atoms with E-state index >= 15 is 0 Å². The van der Waals surface area contributed by atoms with E-state index < -0.39 is 0 Å². The van der Waals surface area contributed by atoms with E-state index in [0.717, 1.165) is 23.5 Å². The summed E-state index contributed by atoms with van der Waals surface area (Å²) in [5.41, 5.74) is 3.68. The number of halogens is 1. The van der Waals surface area contributed by atoms with E-state index in [4.69, 9.17) is 16.3 Å². The first-order valence-corrected chi connectivity index (χ1v) is 10.2. The molecule has 0 radical (unpaired) electrons. The molecular formula is C21H20ClN7O2. The van der Waals surface area contributed by atoms with Crippen LogP contribution in [0, 0.1) is 6.92 Å². The molecule has 5 rings (SSSR count). The molecule has 1 saturated heterocycles. The third kappa shape index (κ3) is 3.62. The van der Waals surface area contributed by atoms with Gasteiger partial charge in [0.15, 0.2) is 11.4 Å². The fraction of sp³-hybridized carbons (Fsp3) is 0.238. The maximum Gasteiger partial charge on any atom is 0.240 e. The highest BCUT2D eigenvalue weighted by Gasteiger charge is 2.20. The number of aromatic nitrogens is 5. The van der Waals surface area contributed by atoms with Crippen molar-refractivity contribution in [3.63, 3.8) is 0 Å². The van der Waals surface area contributed by atoms with Crippen molar-refractivity contribution in [2.45, 2.75) is 6.92 Å². The Labute approximate surface area is 183 Å². The Morgan fingerprint density at radius 2 is 2.03 bits per heavy atom. The second-order valence-electron chi connectivity index (χ2n) is 7.34. The van der Waals surface area contributed by atoms with Gasteiger partial charge < -0.3 is 19.9 Å². The Hall–Kier alpha value is -3.43. The maximum atomic E-state index is 12.1. The number of nitrogens with one attached hydrogen (secondary N) is 2. The average molecular weight is 438 g/mol. The normalized spacial score (nSPS) is 14.4. The number of carbonyl (C=O) groups excluding carboxylic acids is 1. The zero-order valence-corrected chi connectivity index (χ0v) is 17.8. The molecule has 3 aromatic heterocycles. The Morgan fingerprint density at radius 1 is 1.23 bits per heavy atom. The van der Waals surface area contributed by atoms with Crippen LogP contribution < -0.4 is 15.0 Å². The molecule has 0 unspecified atom stereocenters. The average Bonchev–Trinajstić information content (AvgIpc) is 3.33. The summed E-state index contributed by atoms with van der Waals surface area (Å²) in [6.07, 6.45) is 3.42. The smallest absolute Gasteiger partial charge is 0.240 e. The molecule has 0 atom stereocenters. The fourth-order valence-corrected chi connectivity index (χ4v) is 3.84. The molecule has 4 heterocycles. The standard InChI is InChI=1S/C21H20ClN7O2/c1-12-15(11-28(2)27-12)20-25-18-19(16(22)9-24-21(18)26-20)31-14-5-3-13(4-6-14)29-8-7-23-10-17(29)30/h3-6,9,11,23H,7-8,10H2,1-2H3,(H,24,25,26). The number of imidazole rings is 1. The van der Waals surface area contributed by atoms with Gasteiger partial charge in [-0.2, -0.15) is 5.10 Å². The van der Waals surface area contributed by atoms with Gasteiger partial charge in [0.2, 0.25) is 5.91 Å². The number of H-pyrrole nitrogens is 1. The lowest BCUT2D eigenvalue weighted by Gasteiger charge is -2.27. The van der Waals surface area contributed by atoms with Gasteiger partial charge in [-0.15, -0.1) is 0 Å². The molecule has 31 heavy (non-hydrogen) atoms. The predicted molar refractivity (Wildman–Crippen MR) is 118 cm³/mol. The van der Waals surface area contributed by atoms with E-state index in [1.165, 1.54) is 6.20 Å². The molecule has 0 spiro atoms. The summed E-state index contributed by atoms with van der Waals surface area (Å²) >= 11 is 6.40. The molecule has 1 aromatic carbocycles. The lowest BCUT2D eigenvalue weighted by Crippen LogP contribution is -2.48. The fourth-order valence-electron chi connectivity index (χ4n) is 3.66. The molecule has 9 nitrogen and oxygen atoms in total. The van der Waals surface area contributed by atoms with E-state index in [-0.39, 0.29) is 5.91 Å². The van der Waals surface area contributed by atoms with Gasteiger partial charge >= 0.3 is 0 Å². The summed E-state index contributed by atoms with van der Waals surface area (Å²) in [6.45, 7) is 3.68. The van der Waals surface area contributed by atoms with Crippen molar-refractivity contribution in [1.29, 1.82) is 0 Å². The van der Waals surface area contributed by atoms with Crippen molar-refractivity contribution in [3.05, 3.63) is 47.4 Å². The SMILES string of the molecule is Cc1nn(C)cc1-c1nc2ncc(Cl)c(Oc3ccc(N4CCNCC4=O)cc3)c2[nH]1. The number of fused-ring (bicyclic) bond motifs is 1. The lowest BCUT2D eigenvalue weighted by atomic mass is 10.2. The van der Waals surface area contributed by atoms with Crippen LogP contribution in [0.25, 0.3) is 22.6 Å². The summed E-state index contributed by atoms with van der Waals surface area (Å²) in [4.78, 5) is 26.0. The van der Waals surface area contributed by atoms with E-state index in [2.05, 4.69) is 25.4 Å². The molecule has 1 aliphatic heterocycles. The van der Waals surface area contributed by atoms with E-state index in [0.29, 0.717) is 46.6 Å². The second-order valence-corrected chi connectivity index (χ2v) is 7.75. The highest BCUT2D eigenvalue weighted by molar-refractivity contribution is 6.32. The minimum absolute atomic E-state index is 0.0505. The van der Waals surface area contributed by atoms with Crippen molar-refractivity contribution < 1.29 is 9.53 Å². The minimum atomic E-state index is 0.0505. The molecule has 10 heteroatoms. The van der Waals surface area contributed by atoms with Crippen molar-refractivity contribution in [3.8, 4) is 22.9 Å². The second kappa shape index (κ2) is 7.68. The Bertz CT molecular complexity index is 1280. The number of rotatable bonds is 4. The molecule has 2 N–H and O–H groups in total. The Kier molecular flexibility index (Phi) is 4.84. The molecule has 1 fully saturated rings. The summed E-state index contributed by atoms with van der Waals surface area (Å²) in [6, 6.07) is 7.36. The van der Waals surface area contributed by atoms with Gasteiger partial charge in [0.1, 0.15) is 22.1 Å². The van der Waals surface area contributed by atoms with Gasteiger partial charge in [-0.3, -0.25) is 9.48 Å². The van der Waals surface area contributed by atoms with Crippen LogP contribution in [0.3, 0.4) is 0 Å². The number of ether oxygens (including phenoxy) is 1. The summed E-state index contributed by atoms with van der Waals surface area (Å²) < 4.78 is 7.83. The zero-order valence-electron chi connectivity index (χ0n) is 17.0. The van der Waals surface area contributed by atoms with Gasteiger partial charge in [-0.1, -0.05) is 11.6 Å². The van der Waals surface area contributed by atoms with Crippen molar-refractivity contribution in [2.75, 3.05) is 24.5 Å². The number of aromatic amines is 1. The van der Waals surface area contributed by atoms with E-state index in [1.54, 1.807) is 9.58 Å². The zero-order chi connectivity index (χ0) is 21.5. The first kappa shape index (κ1) is 19.5. The minimum Gasteiger partial charge on any atom is -0.453 e. The van der Waals surface area contributed by atoms with Crippen LogP contribution in [-0.2, 0) is 11.8 Å². The van der Waals surface area contributed by atoms with E-state index in [9.17, 15) is 4.79 Å². The summed E-state index contributed by atoms with van der Waals surface area (Å²) in [5, 5.41) is 7.80. The quantitative estimate of drug-likeness (QED) is 0.509. The molecule has 0 saturated carbocycles. The Balaban J connectivity index is 1.46. The summed E-state index contributed by atoms with van der Waals surface area (Å²) in [7, 11) is 1.86. The summed E-state index contributed by atoms with van der Waals surface area (Å²) in [5.74, 6) is 1.73.